The van der Waals surface area contributed by atoms with Gasteiger partial charge in [0, 0.05) is 19.8 Å². The van der Waals surface area contributed by atoms with E-state index in [2.05, 4.69) is 27.7 Å². The standard InChI is InChI=1S/C15H28O2/c1-14(2,12-7-9-16-10-12)11-15(3,4)13-6-5-8-17-13/h12-13H,5-11H2,1-4H3. The molecular formula is C15H28O2. The molecule has 2 heteroatoms. The monoisotopic (exact) mass is 240 g/mol. The summed E-state index contributed by atoms with van der Waals surface area (Å²) in [6.45, 7) is 12.4. The first-order valence-electron chi connectivity index (χ1n) is 7.11. The van der Waals surface area contributed by atoms with E-state index in [4.69, 9.17) is 9.47 Å². The van der Waals surface area contributed by atoms with E-state index in [9.17, 15) is 0 Å². The third kappa shape index (κ3) is 3.03. The zero-order valence-electron chi connectivity index (χ0n) is 11.9. The largest absolute Gasteiger partial charge is 0.381 e. The Kier molecular flexibility index (Phi) is 3.84. The summed E-state index contributed by atoms with van der Waals surface area (Å²) in [5.41, 5.74) is 0.661. The minimum Gasteiger partial charge on any atom is -0.381 e. The fourth-order valence-electron chi connectivity index (χ4n) is 3.78. The van der Waals surface area contributed by atoms with Crippen LogP contribution in [0.25, 0.3) is 0 Å². The minimum absolute atomic E-state index is 0.294. The summed E-state index contributed by atoms with van der Waals surface area (Å²) in [6, 6.07) is 0. The Morgan fingerprint density at radius 1 is 1.00 bits per heavy atom. The maximum atomic E-state index is 5.90. The Hall–Kier alpha value is -0.0800. The number of hydrogen-bond donors (Lipinski definition) is 0. The fourth-order valence-corrected chi connectivity index (χ4v) is 3.78. The van der Waals surface area contributed by atoms with E-state index < -0.39 is 0 Å². The molecule has 2 fully saturated rings. The quantitative estimate of drug-likeness (QED) is 0.747. The van der Waals surface area contributed by atoms with E-state index in [-0.39, 0.29) is 0 Å². The van der Waals surface area contributed by atoms with Crippen LogP contribution >= 0.6 is 0 Å². The summed E-state index contributed by atoms with van der Waals surface area (Å²) in [5.74, 6) is 0.725. The molecule has 17 heavy (non-hydrogen) atoms. The van der Waals surface area contributed by atoms with Gasteiger partial charge in [0.25, 0.3) is 0 Å². The molecule has 0 aliphatic carbocycles. The minimum atomic E-state index is 0.294. The second-order valence-electron chi connectivity index (χ2n) is 7.22. The molecule has 0 N–H and O–H groups in total. The van der Waals surface area contributed by atoms with Gasteiger partial charge in [0.2, 0.25) is 0 Å². The summed E-state index contributed by atoms with van der Waals surface area (Å²) in [4.78, 5) is 0. The molecule has 0 bridgehead atoms. The highest BCUT2D eigenvalue weighted by Gasteiger charge is 2.41. The molecule has 2 saturated heterocycles. The predicted octanol–water partition coefficient (Wildman–Crippen LogP) is 3.64. The topological polar surface area (TPSA) is 18.5 Å². The van der Waals surface area contributed by atoms with Gasteiger partial charge >= 0.3 is 0 Å². The highest BCUT2D eigenvalue weighted by Crippen LogP contribution is 2.46. The molecule has 2 unspecified atom stereocenters. The van der Waals surface area contributed by atoms with E-state index in [1.807, 2.05) is 0 Å². The Morgan fingerprint density at radius 2 is 1.76 bits per heavy atom. The summed E-state index contributed by atoms with van der Waals surface area (Å²) in [6.07, 6.45) is 5.41. The van der Waals surface area contributed by atoms with Crippen molar-refractivity contribution in [2.45, 2.75) is 59.5 Å². The van der Waals surface area contributed by atoms with Crippen molar-refractivity contribution < 1.29 is 9.47 Å². The molecule has 100 valence electrons. The SMILES string of the molecule is CC(C)(CC(C)(C)C1CCCO1)C1CCOC1. The van der Waals surface area contributed by atoms with Crippen molar-refractivity contribution in [3.63, 3.8) is 0 Å². The molecule has 2 atom stereocenters. The van der Waals surface area contributed by atoms with Crippen LogP contribution in [-0.2, 0) is 9.47 Å². The van der Waals surface area contributed by atoms with Gasteiger partial charge in [-0.15, -0.1) is 0 Å². The molecule has 0 aromatic carbocycles. The number of ether oxygens (including phenoxy) is 2. The smallest absolute Gasteiger partial charge is 0.0627 e. The van der Waals surface area contributed by atoms with Crippen molar-refractivity contribution in [1.82, 2.24) is 0 Å². The molecular weight excluding hydrogens is 212 g/mol. The van der Waals surface area contributed by atoms with Gasteiger partial charge in [0.05, 0.1) is 6.10 Å². The lowest BCUT2D eigenvalue weighted by Crippen LogP contribution is -2.37. The molecule has 0 spiro atoms. The molecule has 0 radical (unpaired) electrons. The van der Waals surface area contributed by atoms with Gasteiger partial charge in [-0.1, -0.05) is 27.7 Å². The first-order valence-corrected chi connectivity index (χ1v) is 7.11. The summed E-state index contributed by atoms with van der Waals surface area (Å²) < 4.78 is 11.4. The predicted molar refractivity (Wildman–Crippen MR) is 70.1 cm³/mol. The van der Waals surface area contributed by atoms with Crippen molar-refractivity contribution >= 4 is 0 Å². The fraction of sp³-hybridized carbons (Fsp3) is 1.00. The van der Waals surface area contributed by atoms with Gasteiger partial charge < -0.3 is 9.47 Å². The van der Waals surface area contributed by atoms with Crippen LogP contribution in [0.3, 0.4) is 0 Å². The molecule has 2 nitrogen and oxygen atoms in total. The number of hydrogen-bond acceptors (Lipinski definition) is 2. The van der Waals surface area contributed by atoms with Crippen molar-refractivity contribution in [3.05, 3.63) is 0 Å². The molecule has 0 aromatic rings. The average Bonchev–Trinajstić information content (AvgIpc) is 2.91. The summed E-state index contributed by atoms with van der Waals surface area (Å²) in [5, 5.41) is 0. The zero-order valence-corrected chi connectivity index (χ0v) is 11.9. The third-order valence-electron chi connectivity index (χ3n) is 4.75. The molecule has 0 saturated carbocycles. The Morgan fingerprint density at radius 3 is 2.29 bits per heavy atom. The normalized spacial score (nSPS) is 31.1. The Bertz CT molecular complexity index is 220. The van der Waals surface area contributed by atoms with Crippen molar-refractivity contribution in [2.24, 2.45) is 16.7 Å². The van der Waals surface area contributed by atoms with Gasteiger partial charge in [-0.25, -0.2) is 0 Å². The number of rotatable bonds is 4. The van der Waals surface area contributed by atoms with Crippen molar-refractivity contribution in [3.8, 4) is 0 Å². The zero-order chi connectivity index (χ0) is 12.5. The van der Waals surface area contributed by atoms with Crippen molar-refractivity contribution in [1.29, 1.82) is 0 Å². The van der Waals surface area contributed by atoms with Crippen LogP contribution in [0.2, 0.25) is 0 Å². The van der Waals surface area contributed by atoms with Crippen LogP contribution < -0.4 is 0 Å². The van der Waals surface area contributed by atoms with Gasteiger partial charge in [-0.05, 0) is 42.4 Å². The lowest BCUT2D eigenvalue weighted by atomic mass is 9.66. The van der Waals surface area contributed by atoms with Crippen LogP contribution in [0.5, 0.6) is 0 Å². The first kappa shape index (κ1) is 13.4. The third-order valence-corrected chi connectivity index (χ3v) is 4.75. The van der Waals surface area contributed by atoms with Crippen LogP contribution in [-0.4, -0.2) is 25.9 Å². The summed E-state index contributed by atoms with van der Waals surface area (Å²) in [7, 11) is 0. The van der Waals surface area contributed by atoms with Crippen LogP contribution in [0, 0.1) is 16.7 Å². The molecule has 2 aliphatic heterocycles. The Labute approximate surface area is 106 Å². The second-order valence-corrected chi connectivity index (χ2v) is 7.22. The highest BCUT2D eigenvalue weighted by atomic mass is 16.5. The molecule has 0 aromatic heterocycles. The van der Waals surface area contributed by atoms with E-state index >= 15 is 0 Å². The lowest BCUT2D eigenvalue weighted by Gasteiger charge is -2.41. The lowest BCUT2D eigenvalue weighted by molar-refractivity contribution is -0.0172. The maximum Gasteiger partial charge on any atom is 0.0627 e. The van der Waals surface area contributed by atoms with Gasteiger partial charge in [-0.2, -0.15) is 0 Å². The van der Waals surface area contributed by atoms with E-state index in [1.54, 1.807) is 0 Å². The van der Waals surface area contributed by atoms with Crippen LogP contribution in [0.4, 0.5) is 0 Å². The molecule has 0 amide bonds. The van der Waals surface area contributed by atoms with Gasteiger partial charge in [0.1, 0.15) is 0 Å². The van der Waals surface area contributed by atoms with E-state index in [0.29, 0.717) is 16.9 Å². The van der Waals surface area contributed by atoms with E-state index in [0.717, 1.165) is 25.7 Å². The summed E-state index contributed by atoms with van der Waals surface area (Å²) >= 11 is 0. The molecule has 2 heterocycles. The highest BCUT2D eigenvalue weighted by molar-refractivity contribution is 4.91. The molecule has 2 aliphatic rings. The van der Waals surface area contributed by atoms with Crippen molar-refractivity contribution in [2.75, 3.05) is 19.8 Å². The van der Waals surface area contributed by atoms with Crippen LogP contribution in [0.1, 0.15) is 53.4 Å². The Balaban J connectivity index is 1.97. The average molecular weight is 240 g/mol. The van der Waals surface area contributed by atoms with Gasteiger partial charge in [0.15, 0.2) is 0 Å². The molecule has 2 rings (SSSR count). The van der Waals surface area contributed by atoms with Crippen LogP contribution in [0.15, 0.2) is 0 Å². The maximum absolute atomic E-state index is 5.90. The van der Waals surface area contributed by atoms with E-state index in [1.165, 1.54) is 25.7 Å². The van der Waals surface area contributed by atoms with Gasteiger partial charge in [-0.3, -0.25) is 0 Å². The second kappa shape index (κ2) is 4.89. The first-order chi connectivity index (χ1) is 7.92.